The summed E-state index contributed by atoms with van der Waals surface area (Å²) in [7, 11) is 0. The third kappa shape index (κ3) is 3.93. The van der Waals surface area contributed by atoms with Crippen molar-refractivity contribution in [1.29, 1.82) is 0 Å². The van der Waals surface area contributed by atoms with Crippen LogP contribution in [0.2, 0.25) is 0 Å². The first-order valence-electron chi connectivity index (χ1n) is 7.71. The Morgan fingerprint density at radius 1 is 1.23 bits per heavy atom. The Morgan fingerprint density at radius 2 is 1.91 bits per heavy atom. The Morgan fingerprint density at radius 3 is 2.50 bits per heavy atom. The summed E-state index contributed by atoms with van der Waals surface area (Å²) in [4.78, 5) is 37.1. The van der Waals surface area contributed by atoms with E-state index in [4.69, 9.17) is 0 Å². The van der Waals surface area contributed by atoms with E-state index in [0.29, 0.717) is 24.2 Å². The van der Waals surface area contributed by atoms with Crippen LogP contribution >= 0.6 is 0 Å². The molecule has 1 unspecified atom stereocenters. The van der Waals surface area contributed by atoms with Gasteiger partial charge in [-0.25, -0.2) is 0 Å². The van der Waals surface area contributed by atoms with Gasteiger partial charge in [0.25, 0.3) is 0 Å². The molecule has 1 N–H and O–H groups in total. The molecule has 2 amide bonds. The van der Waals surface area contributed by atoms with E-state index in [2.05, 4.69) is 5.32 Å². The lowest BCUT2D eigenvalue weighted by Crippen LogP contribution is -2.43. The smallest absolute Gasteiger partial charge is 0.229 e. The van der Waals surface area contributed by atoms with Gasteiger partial charge in [0.1, 0.15) is 0 Å². The third-order valence-corrected chi connectivity index (χ3v) is 4.01. The average Bonchev–Trinajstić information content (AvgIpc) is 2.54. The molecular weight excluding hydrogens is 280 g/mol. The fourth-order valence-corrected chi connectivity index (χ4v) is 2.67. The summed E-state index contributed by atoms with van der Waals surface area (Å²) in [6.45, 7) is 4.57. The van der Waals surface area contributed by atoms with Crippen LogP contribution in [-0.2, 0) is 9.59 Å². The number of nitrogens with one attached hydrogen (secondary N) is 1. The summed E-state index contributed by atoms with van der Waals surface area (Å²) in [6.07, 6.45) is 2.12. The largest absolute Gasteiger partial charge is 0.342 e. The molecule has 0 saturated carbocycles. The molecular formula is C17H22N2O3. The zero-order valence-corrected chi connectivity index (χ0v) is 13.1. The highest BCUT2D eigenvalue weighted by molar-refractivity contribution is 5.96. The highest BCUT2D eigenvalue weighted by atomic mass is 16.2. The molecule has 1 aromatic rings. The second-order valence-electron chi connectivity index (χ2n) is 5.66. The maximum absolute atomic E-state index is 12.3. The van der Waals surface area contributed by atoms with Gasteiger partial charge in [0.05, 0.1) is 5.92 Å². The zero-order chi connectivity index (χ0) is 16.1. The number of carbonyl (C=O) groups is 3. The van der Waals surface area contributed by atoms with E-state index in [1.54, 1.807) is 29.2 Å². The maximum atomic E-state index is 12.3. The number of rotatable bonds is 4. The third-order valence-electron chi connectivity index (χ3n) is 4.01. The number of benzene rings is 1. The van der Waals surface area contributed by atoms with Crippen molar-refractivity contribution in [3.63, 3.8) is 0 Å². The molecule has 1 fully saturated rings. The van der Waals surface area contributed by atoms with Gasteiger partial charge in [-0.3, -0.25) is 14.4 Å². The molecule has 5 nitrogen and oxygen atoms in total. The van der Waals surface area contributed by atoms with Crippen molar-refractivity contribution >= 4 is 23.3 Å². The minimum Gasteiger partial charge on any atom is -0.342 e. The number of likely N-dealkylation sites (tertiary alicyclic amines) is 1. The van der Waals surface area contributed by atoms with E-state index >= 15 is 0 Å². The molecule has 22 heavy (non-hydrogen) atoms. The molecule has 0 spiro atoms. The van der Waals surface area contributed by atoms with Crippen LogP contribution in [0, 0.1) is 5.92 Å². The number of carbonyl (C=O) groups excluding carboxylic acids is 3. The predicted molar refractivity (Wildman–Crippen MR) is 84.7 cm³/mol. The number of nitrogens with zero attached hydrogens (tertiary/aromatic N) is 1. The van der Waals surface area contributed by atoms with Crippen LogP contribution in [0.3, 0.4) is 0 Å². The maximum Gasteiger partial charge on any atom is 0.229 e. The number of hydrogen-bond donors (Lipinski definition) is 1. The molecule has 0 aliphatic carbocycles. The summed E-state index contributed by atoms with van der Waals surface area (Å²) >= 11 is 0. The first kappa shape index (κ1) is 16.2. The number of anilines is 1. The van der Waals surface area contributed by atoms with Gasteiger partial charge in [-0.2, -0.15) is 0 Å². The normalized spacial score (nSPS) is 17.9. The molecule has 1 heterocycles. The van der Waals surface area contributed by atoms with Crippen molar-refractivity contribution in [3.8, 4) is 0 Å². The summed E-state index contributed by atoms with van der Waals surface area (Å²) in [6, 6.07) is 6.86. The number of piperidine rings is 1. The second kappa shape index (κ2) is 7.20. The van der Waals surface area contributed by atoms with Crippen LogP contribution in [0.5, 0.6) is 0 Å². The molecule has 118 valence electrons. The van der Waals surface area contributed by atoms with Crippen LogP contribution in [0.1, 0.15) is 43.5 Å². The molecule has 1 atom stereocenters. The second-order valence-corrected chi connectivity index (χ2v) is 5.66. The van der Waals surface area contributed by atoms with Crippen LogP contribution in [0.15, 0.2) is 24.3 Å². The Balaban J connectivity index is 1.96. The summed E-state index contributed by atoms with van der Waals surface area (Å²) < 4.78 is 0. The van der Waals surface area contributed by atoms with Gasteiger partial charge in [-0.05, 0) is 44.0 Å². The van der Waals surface area contributed by atoms with Crippen LogP contribution < -0.4 is 5.32 Å². The summed E-state index contributed by atoms with van der Waals surface area (Å²) in [5, 5.41) is 2.87. The molecule has 0 aromatic heterocycles. The highest BCUT2D eigenvalue weighted by Gasteiger charge is 2.27. The van der Waals surface area contributed by atoms with E-state index in [1.165, 1.54) is 6.92 Å². The Kier molecular flexibility index (Phi) is 5.31. The summed E-state index contributed by atoms with van der Waals surface area (Å²) in [5.74, 6) is -0.136. The Bertz CT molecular complexity index is 566. The van der Waals surface area contributed by atoms with Crippen molar-refractivity contribution in [3.05, 3.63) is 29.8 Å². The van der Waals surface area contributed by atoms with E-state index in [-0.39, 0.29) is 23.5 Å². The highest BCUT2D eigenvalue weighted by Crippen LogP contribution is 2.19. The van der Waals surface area contributed by atoms with E-state index in [9.17, 15) is 14.4 Å². The van der Waals surface area contributed by atoms with Gasteiger partial charge in [0.2, 0.25) is 11.8 Å². The lowest BCUT2D eigenvalue weighted by Gasteiger charge is -2.31. The first-order valence-corrected chi connectivity index (χ1v) is 7.71. The van der Waals surface area contributed by atoms with Crippen molar-refractivity contribution in [2.24, 2.45) is 5.92 Å². The lowest BCUT2D eigenvalue weighted by molar-refractivity contribution is -0.134. The summed E-state index contributed by atoms with van der Waals surface area (Å²) in [5.41, 5.74) is 1.30. The van der Waals surface area contributed by atoms with Gasteiger partial charge in [-0.1, -0.05) is 6.92 Å². The van der Waals surface area contributed by atoms with Crippen molar-refractivity contribution < 1.29 is 14.4 Å². The van der Waals surface area contributed by atoms with Gasteiger partial charge < -0.3 is 10.2 Å². The van der Waals surface area contributed by atoms with Gasteiger partial charge in [-0.15, -0.1) is 0 Å². The molecule has 1 aliphatic heterocycles. The monoisotopic (exact) mass is 302 g/mol. The number of hydrogen-bond acceptors (Lipinski definition) is 3. The number of Topliss-reactive ketones (excluding diaryl/α,β-unsaturated/α-hetero) is 1. The molecule has 1 saturated heterocycles. The van der Waals surface area contributed by atoms with Crippen LogP contribution in [-0.4, -0.2) is 35.6 Å². The quantitative estimate of drug-likeness (QED) is 0.869. The number of amides is 2. The van der Waals surface area contributed by atoms with Gasteiger partial charge in [0, 0.05) is 30.8 Å². The minimum atomic E-state index is -0.170. The molecule has 5 heteroatoms. The Hall–Kier alpha value is -2.17. The van der Waals surface area contributed by atoms with Gasteiger partial charge >= 0.3 is 0 Å². The molecule has 1 aromatic carbocycles. The van der Waals surface area contributed by atoms with Crippen LogP contribution in [0.4, 0.5) is 5.69 Å². The van der Waals surface area contributed by atoms with E-state index in [1.807, 2.05) is 6.92 Å². The van der Waals surface area contributed by atoms with Crippen molar-refractivity contribution in [1.82, 2.24) is 4.90 Å². The van der Waals surface area contributed by atoms with E-state index < -0.39 is 0 Å². The SMILES string of the molecule is CCC(=O)N1CCCC(C(=O)Nc2ccc(C(C)=O)cc2)C1. The van der Waals surface area contributed by atoms with Crippen molar-refractivity contribution in [2.75, 3.05) is 18.4 Å². The molecule has 2 rings (SSSR count). The molecule has 0 radical (unpaired) electrons. The van der Waals surface area contributed by atoms with Gasteiger partial charge in [0.15, 0.2) is 5.78 Å². The topological polar surface area (TPSA) is 66.5 Å². The average molecular weight is 302 g/mol. The standard InChI is InChI=1S/C17H22N2O3/c1-3-16(21)19-10-4-5-14(11-19)17(22)18-15-8-6-13(7-9-15)12(2)20/h6-9,14H,3-5,10-11H2,1-2H3,(H,18,22). The fourth-order valence-electron chi connectivity index (χ4n) is 2.67. The minimum absolute atomic E-state index is 0.00104. The molecule has 1 aliphatic rings. The zero-order valence-electron chi connectivity index (χ0n) is 13.1. The number of ketones is 1. The van der Waals surface area contributed by atoms with E-state index in [0.717, 1.165) is 19.4 Å². The fraction of sp³-hybridized carbons (Fsp3) is 0.471. The molecule has 0 bridgehead atoms. The first-order chi connectivity index (χ1) is 10.5. The van der Waals surface area contributed by atoms with Crippen molar-refractivity contribution in [2.45, 2.75) is 33.1 Å². The Labute approximate surface area is 130 Å². The van der Waals surface area contributed by atoms with Crippen LogP contribution in [0.25, 0.3) is 0 Å². The predicted octanol–water partition coefficient (Wildman–Crippen LogP) is 2.48. The lowest BCUT2D eigenvalue weighted by atomic mass is 9.96.